The SMILES string of the molecule is CCCC[C@H](NC(=O)[C@H](CCC(N)=O)NC(=O)[C@H](CCCCN)NC(=O)C(C)(C)NC(=O)[C@H](CCCC)NC(=O)[C@H](CC(=O)O)NCc1ccccc1)C(=O)N[C@@H](CCC(=O)O)C(=O)N[C@@H](CCC(=O)O)C(=O)N[C@@H](CCC(=O)O)C(=O)N[C@@H](C)C(=O)N[C@H](C(=O)N[C@H](CCCN=C(N)N)C(=O)N[C@H](C)CC(C)C)C(C)C. The molecule has 39 nitrogen and oxygen atoms in total. The molecular formula is C73H122N18O21. The Morgan fingerprint density at radius 1 is 0.420 bits per heavy atom. The number of amides is 13. The van der Waals surface area contributed by atoms with E-state index in [1.165, 1.54) is 20.8 Å². The van der Waals surface area contributed by atoms with E-state index in [1.54, 1.807) is 58.0 Å². The van der Waals surface area contributed by atoms with Crippen LogP contribution in [0.3, 0.4) is 0 Å². The van der Waals surface area contributed by atoms with Gasteiger partial charge in [0.2, 0.25) is 76.8 Å². The number of primary amides is 1. The second-order valence-corrected chi connectivity index (χ2v) is 28.9. The maximum Gasteiger partial charge on any atom is 0.305 e. The Labute approximate surface area is 652 Å². The van der Waals surface area contributed by atoms with Gasteiger partial charge in [0.05, 0.1) is 12.5 Å². The van der Waals surface area contributed by atoms with Gasteiger partial charge in [-0.2, -0.15) is 0 Å². The summed E-state index contributed by atoms with van der Waals surface area (Å²) in [5.41, 5.74) is 21.1. The number of guanidine groups is 1. The first-order chi connectivity index (χ1) is 52.5. The summed E-state index contributed by atoms with van der Waals surface area (Å²) in [6.07, 6.45) is -3.35. The molecule has 0 heterocycles. The molecule has 0 bridgehead atoms. The lowest BCUT2D eigenvalue weighted by Crippen LogP contribution is -2.63. The van der Waals surface area contributed by atoms with Gasteiger partial charge in [0.1, 0.15) is 66.0 Å². The van der Waals surface area contributed by atoms with Crippen molar-refractivity contribution in [3.63, 3.8) is 0 Å². The number of hydrogen-bond donors (Lipinski definition) is 21. The molecule has 0 spiro atoms. The summed E-state index contributed by atoms with van der Waals surface area (Å²) in [5, 5.41) is 72.0. The van der Waals surface area contributed by atoms with Crippen molar-refractivity contribution in [2.45, 2.75) is 289 Å². The van der Waals surface area contributed by atoms with Gasteiger partial charge < -0.3 is 112 Å². The summed E-state index contributed by atoms with van der Waals surface area (Å²) in [5.74, 6) is -19.1. The zero-order valence-electron chi connectivity index (χ0n) is 65.9. The van der Waals surface area contributed by atoms with E-state index in [1.807, 2.05) is 20.8 Å². The lowest BCUT2D eigenvalue weighted by molar-refractivity contribution is -0.141. The number of aliphatic carboxylic acids is 4. The standard InChI is InChI=1S/C73H122N18O21/c1-11-13-23-45(82-65(106)49(27-31-54(75)92)84-64(105)47(25-18-19-35-74)89-71(112)73(9,10)91-69(110)48(24-14-12-2)83-68(109)53(38-58(99)100)79-39-44-21-16-15-17-22-44)63(104)86-51(29-33-56(95)96)67(108)87-52(30-34-57(97)98)66(107)85-50(28-32-55(93)94)62(103)81-43(8)60(101)90-59(41(5)6)70(111)88-46(26-20-36-78-72(76)77)61(102)80-42(7)37-40(3)4/h15-17,21-22,40-43,45-53,59,79H,11-14,18-20,23-39,74H2,1-10H3,(H2,75,92)(H,80,102)(H,81,103)(H,82,106)(H,83,109)(H,84,105)(H,85,107)(H,86,104)(H,87,108)(H,88,111)(H,89,112)(H,90,101)(H,91,110)(H,93,94)(H,95,96)(H,97,98)(H,99,100)(H4,76,77,78)/t42-,43+,45+,46-,47+,48+,49+,50+,51+,52+,53+,59+/m1/s1. The summed E-state index contributed by atoms with van der Waals surface area (Å²) in [6.45, 7) is 16.7. The highest BCUT2D eigenvalue weighted by Gasteiger charge is 2.39. The topological polar surface area (TPSA) is 644 Å². The Kier molecular flexibility index (Phi) is 46.6. The molecular weight excluding hydrogens is 1460 g/mol. The number of carbonyl (C=O) groups is 17. The highest BCUT2D eigenvalue weighted by Crippen LogP contribution is 2.16. The molecule has 39 heteroatoms. The third kappa shape index (κ3) is 40.9. The van der Waals surface area contributed by atoms with Gasteiger partial charge in [0, 0.05) is 44.8 Å². The molecule has 0 unspecified atom stereocenters. The van der Waals surface area contributed by atoms with Crippen LogP contribution in [-0.2, 0) is 88.1 Å². The van der Waals surface area contributed by atoms with E-state index in [0.29, 0.717) is 32.1 Å². The van der Waals surface area contributed by atoms with Crippen LogP contribution in [0.1, 0.15) is 210 Å². The number of nitrogens with one attached hydrogen (secondary N) is 13. The predicted molar refractivity (Wildman–Crippen MR) is 409 cm³/mol. The van der Waals surface area contributed by atoms with E-state index in [4.69, 9.17) is 22.9 Å². The van der Waals surface area contributed by atoms with Crippen molar-refractivity contribution < 1.29 is 102 Å². The van der Waals surface area contributed by atoms with E-state index < -0.39 is 236 Å². The van der Waals surface area contributed by atoms with Crippen LogP contribution in [0.2, 0.25) is 0 Å². The highest BCUT2D eigenvalue weighted by atomic mass is 16.4. The van der Waals surface area contributed by atoms with E-state index in [-0.39, 0.29) is 82.5 Å². The van der Waals surface area contributed by atoms with Gasteiger partial charge in [0.15, 0.2) is 5.96 Å². The zero-order valence-corrected chi connectivity index (χ0v) is 65.9. The molecule has 0 fully saturated rings. The largest absolute Gasteiger partial charge is 0.481 e. The third-order valence-electron chi connectivity index (χ3n) is 17.6. The van der Waals surface area contributed by atoms with Crippen molar-refractivity contribution in [2.75, 3.05) is 13.1 Å². The van der Waals surface area contributed by atoms with Gasteiger partial charge in [-0.3, -0.25) is 86.5 Å². The lowest BCUT2D eigenvalue weighted by atomic mass is 9.99. The molecule has 1 aromatic rings. The monoisotopic (exact) mass is 1590 g/mol. The quantitative estimate of drug-likeness (QED) is 0.0191. The minimum atomic E-state index is -1.93. The molecule has 0 saturated heterocycles. The van der Waals surface area contributed by atoms with Crippen LogP contribution in [0.15, 0.2) is 35.3 Å². The Morgan fingerprint density at radius 2 is 0.804 bits per heavy atom. The van der Waals surface area contributed by atoms with Crippen LogP contribution < -0.4 is 92.1 Å². The first-order valence-corrected chi connectivity index (χ1v) is 37.9. The number of nitrogens with two attached hydrogens (primary N) is 4. The van der Waals surface area contributed by atoms with Gasteiger partial charge in [-0.1, -0.05) is 97.6 Å². The summed E-state index contributed by atoms with van der Waals surface area (Å²) >= 11 is 0. The molecule has 0 radical (unpaired) electrons. The van der Waals surface area contributed by atoms with Crippen LogP contribution >= 0.6 is 0 Å². The summed E-state index contributed by atoms with van der Waals surface area (Å²) in [6, 6.07) is -8.41. The van der Waals surface area contributed by atoms with Gasteiger partial charge in [-0.25, -0.2) is 0 Å². The molecule has 0 saturated carbocycles. The second kappa shape index (κ2) is 52.5. The zero-order chi connectivity index (χ0) is 85.0. The van der Waals surface area contributed by atoms with Crippen molar-refractivity contribution in [1.82, 2.24) is 69.1 Å². The number of aliphatic imine (C=N–C) groups is 1. The number of unbranched alkanes of at least 4 members (excludes halogenated alkanes) is 3. The average molecular weight is 1590 g/mol. The van der Waals surface area contributed by atoms with Crippen molar-refractivity contribution >= 4 is 107 Å². The maximum absolute atomic E-state index is 14.5. The predicted octanol–water partition coefficient (Wildman–Crippen LogP) is -1.99. The lowest BCUT2D eigenvalue weighted by Gasteiger charge is -2.31. The Bertz CT molecular complexity index is 3340. The summed E-state index contributed by atoms with van der Waals surface area (Å²) in [4.78, 5) is 233. The second-order valence-electron chi connectivity index (χ2n) is 28.9. The summed E-state index contributed by atoms with van der Waals surface area (Å²) in [7, 11) is 0. The highest BCUT2D eigenvalue weighted by molar-refractivity contribution is 6.00. The molecule has 0 aliphatic heterocycles. The Balaban J connectivity index is 3.63. The Hall–Kier alpha value is -10.6. The third-order valence-corrected chi connectivity index (χ3v) is 17.6. The van der Waals surface area contributed by atoms with Gasteiger partial charge in [-0.05, 0) is 129 Å². The van der Waals surface area contributed by atoms with Gasteiger partial charge in [-0.15, -0.1) is 0 Å². The van der Waals surface area contributed by atoms with Crippen LogP contribution in [0.4, 0.5) is 0 Å². The number of carboxylic acid groups (broad SMARTS) is 4. The van der Waals surface area contributed by atoms with Crippen LogP contribution in [0.25, 0.3) is 0 Å². The van der Waals surface area contributed by atoms with Crippen LogP contribution in [0.5, 0.6) is 0 Å². The molecule has 0 aromatic heterocycles. The normalized spacial score (nSPS) is 14.4. The minimum Gasteiger partial charge on any atom is -0.481 e. The number of nitrogens with zero attached hydrogens (tertiary/aromatic N) is 1. The van der Waals surface area contributed by atoms with Crippen molar-refractivity contribution in [3.05, 3.63) is 35.9 Å². The Morgan fingerprint density at radius 3 is 1.21 bits per heavy atom. The number of hydrogen-bond acceptors (Lipinski definition) is 20. The molecule has 12 atom stereocenters. The summed E-state index contributed by atoms with van der Waals surface area (Å²) < 4.78 is 0. The van der Waals surface area contributed by atoms with E-state index in [0.717, 1.165) is 5.56 Å². The number of carbonyl (C=O) groups excluding carboxylic acids is 13. The first-order valence-electron chi connectivity index (χ1n) is 37.9. The fourth-order valence-electron chi connectivity index (χ4n) is 11.3. The molecule has 1 rings (SSSR count). The van der Waals surface area contributed by atoms with E-state index in [2.05, 4.69) is 74.1 Å². The fourth-order valence-corrected chi connectivity index (χ4v) is 11.3. The molecule has 0 aliphatic carbocycles. The number of carboxylic acids is 4. The first kappa shape index (κ1) is 99.4. The smallest absolute Gasteiger partial charge is 0.305 e. The van der Waals surface area contributed by atoms with Crippen molar-refractivity contribution in [1.29, 1.82) is 0 Å². The van der Waals surface area contributed by atoms with Crippen LogP contribution in [-0.4, -0.2) is 218 Å². The fraction of sp³-hybridized carbons (Fsp3) is 0.671. The molecule has 0 aliphatic rings. The van der Waals surface area contributed by atoms with Gasteiger partial charge >= 0.3 is 23.9 Å². The molecule has 1 aromatic carbocycles. The van der Waals surface area contributed by atoms with E-state index >= 15 is 0 Å². The van der Waals surface area contributed by atoms with Crippen molar-refractivity contribution in [2.24, 2.45) is 39.8 Å². The molecule has 630 valence electrons. The minimum absolute atomic E-state index is 0.0743. The van der Waals surface area contributed by atoms with Gasteiger partial charge in [0.25, 0.3) is 0 Å². The van der Waals surface area contributed by atoms with Crippen LogP contribution in [0, 0.1) is 11.8 Å². The molecule has 13 amide bonds. The maximum atomic E-state index is 14.5. The molecule has 25 N–H and O–H groups in total. The average Bonchev–Trinajstić information content (AvgIpc) is 0.832. The number of rotatable bonds is 58. The van der Waals surface area contributed by atoms with Crippen molar-refractivity contribution in [3.8, 4) is 0 Å². The molecule has 112 heavy (non-hydrogen) atoms. The number of benzene rings is 1. The van der Waals surface area contributed by atoms with E-state index in [9.17, 15) is 102 Å².